The number of rotatable bonds is 7. The van der Waals surface area contributed by atoms with Gasteiger partial charge in [-0.1, -0.05) is 30.3 Å². The number of ketones is 1. The van der Waals surface area contributed by atoms with E-state index in [0.717, 1.165) is 22.5 Å². The average Bonchev–Trinajstić information content (AvgIpc) is 3.52. The number of carbonyl (C=O) groups excluding carboxylic acids is 1. The van der Waals surface area contributed by atoms with Crippen LogP contribution in [0, 0.1) is 13.8 Å². The number of aryl methyl sites for hydroxylation is 1. The summed E-state index contributed by atoms with van der Waals surface area (Å²) < 4.78 is 29.0. The Balaban J connectivity index is 1.34. The smallest absolute Gasteiger partial charge is 0.236 e. The molecule has 1 saturated carbocycles. The summed E-state index contributed by atoms with van der Waals surface area (Å²) in [4.78, 5) is 14.9. The number of piperazine rings is 1. The fourth-order valence-electron chi connectivity index (χ4n) is 4.20. The van der Waals surface area contributed by atoms with Gasteiger partial charge in [0, 0.05) is 54.6 Å². The van der Waals surface area contributed by atoms with Gasteiger partial charge in [0.25, 0.3) is 0 Å². The van der Waals surface area contributed by atoms with Crippen LogP contribution >= 0.6 is 0 Å². The molecule has 1 saturated heterocycles. The standard InChI is InChI=1S/C23H29N3O3S/c1-18-16-22(19(2)26(18)21-8-9-21)23(27)17-24-11-13-25(14-12-24)30(28,29)15-10-20-6-4-3-5-7-20/h3-7,10,15-16,21H,8-9,11-14,17H2,1-2H3/b15-10+. The van der Waals surface area contributed by atoms with Crippen LogP contribution < -0.4 is 0 Å². The van der Waals surface area contributed by atoms with Crippen LogP contribution in [-0.2, 0) is 10.0 Å². The molecule has 1 aliphatic heterocycles. The molecule has 6 nitrogen and oxygen atoms in total. The van der Waals surface area contributed by atoms with E-state index < -0.39 is 10.0 Å². The number of carbonyl (C=O) groups is 1. The molecule has 0 radical (unpaired) electrons. The monoisotopic (exact) mass is 427 g/mol. The average molecular weight is 428 g/mol. The highest BCUT2D eigenvalue weighted by Gasteiger charge is 2.30. The van der Waals surface area contributed by atoms with Crippen LogP contribution in [0.1, 0.15) is 46.2 Å². The number of benzene rings is 1. The number of hydrogen-bond acceptors (Lipinski definition) is 4. The molecular formula is C23H29N3O3S. The van der Waals surface area contributed by atoms with Gasteiger partial charge < -0.3 is 4.57 Å². The molecule has 0 amide bonds. The Kier molecular flexibility index (Phi) is 5.95. The second-order valence-electron chi connectivity index (χ2n) is 8.24. The molecule has 1 aromatic heterocycles. The summed E-state index contributed by atoms with van der Waals surface area (Å²) in [6.45, 7) is 6.35. The summed E-state index contributed by atoms with van der Waals surface area (Å²) >= 11 is 0. The van der Waals surface area contributed by atoms with Gasteiger partial charge in [-0.2, -0.15) is 4.31 Å². The minimum Gasteiger partial charge on any atom is -0.345 e. The summed E-state index contributed by atoms with van der Waals surface area (Å²) in [5.41, 5.74) is 3.88. The molecule has 1 aliphatic carbocycles. The lowest BCUT2D eigenvalue weighted by Crippen LogP contribution is -2.49. The van der Waals surface area contributed by atoms with Crippen molar-refractivity contribution in [1.29, 1.82) is 0 Å². The second kappa shape index (κ2) is 8.49. The number of Topliss-reactive ketones (excluding diaryl/α,β-unsaturated/α-hetero) is 1. The lowest BCUT2D eigenvalue weighted by Gasteiger charge is -2.32. The van der Waals surface area contributed by atoms with Crippen molar-refractivity contribution in [3.63, 3.8) is 0 Å². The maximum Gasteiger partial charge on any atom is 0.236 e. The Morgan fingerprint density at radius 1 is 1.07 bits per heavy atom. The zero-order valence-electron chi connectivity index (χ0n) is 17.6. The molecule has 2 aromatic rings. The molecule has 0 spiro atoms. The Morgan fingerprint density at radius 3 is 2.37 bits per heavy atom. The molecule has 7 heteroatoms. The first-order valence-electron chi connectivity index (χ1n) is 10.5. The molecule has 2 aliphatic rings. The van der Waals surface area contributed by atoms with Gasteiger partial charge in [0.15, 0.2) is 5.78 Å². The SMILES string of the molecule is Cc1cc(C(=O)CN2CCN(S(=O)(=O)/C=C/c3ccccc3)CC2)c(C)n1C1CC1. The van der Waals surface area contributed by atoms with Gasteiger partial charge in [-0.25, -0.2) is 8.42 Å². The van der Waals surface area contributed by atoms with Crippen LogP contribution in [0.4, 0.5) is 0 Å². The number of nitrogens with zero attached hydrogens (tertiary/aromatic N) is 3. The van der Waals surface area contributed by atoms with E-state index in [2.05, 4.69) is 16.4 Å². The van der Waals surface area contributed by atoms with Gasteiger partial charge in [-0.05, 0) is 44.4 Å². The maximum atomic E-state index is 12.9. The molecule has 1 aromatic carbocycles. The summed E-state index contributed by atoms with van der Waals surface area (Å²) in [6.07, 6.45) is 4.01. The first-order chi connectivity index (χ1) is 14.3. The van der Waals surface area contributed by atoms with E-state index in [9.17, 15) is 13.2 Å². The van der Waals surface area contributed by atoms with Crippen molar-refractivity contribution >= 4 is 21.9 Å². The van der Waals surface area contributed by atoms with Crippen molar-refractivity contribution < 1.29 is 13.2 Å². The molecule has 2 fully saturated rings. The van der Waals surface area contributed by atoms with Gasteiger partial charge in [0.2, 0.25) is 10.0 Å². The quantitative estimate of drug-likeness (QED) is 0.637. The Morgan fingerprint density at radius 2 is 1.73 bits per heavy atom. The third kappa shape index (κ3) is 4.58. The van der Waals surface area contributed by atoms with Crippen LogP contribution in [-0.4, -0.2) is 60.7 Å². The molecule has 30 heavy (non-hydrogen) atoms. The fraction of sp³-hybridized carbons (Fsp3) is 0.435. The zero-order chi connectivity index (χ0) is 21.3. The molecule has 0 N–H and O–H groups in total. The number of sulfonamides is 1. The molecule has 4 rings (SSSR count). The van der Waals surface area contributed by atoms with Crippen LogP contribution in [0.5, 0.6) is 0 Å². The van der Waals surface area contributed by atoms with E-state index in [-0.39, 0.29) is 5.78 Å². The van der Waals surface area contributed by atoms with E-state index in [1.54, 1.807) is 6.08 Å². The fourth-order valence-corrected chi connectivity index (χ4v) is 5.37. The lowest BCUT2D eigenvalue weighted by atomic mass is 10.1. The van der Waals surface area contributed by atoms with Crippen LogP contribution in [0.15, 0.2) is 41.8 Å². The Hall–Kier alpha value is -2.22. The summed E-state index contributed by atoms with van der Waals surface area (Å²) in [6, 6.07) is 12.0. The topological polar surface area (TPSA) is 62.6 Å². The van der Waals surface area contributed by atoms with Crippen molar-refractivity contribution in [2.75, 3.05) is 32.7 Å². The Labute approximate surface area is 178 Å². The third-order valence-corrected chi connectivity index (χ3v) is 7.55. The van der Waals surface area contributed by atoms with E-state index in [1.165, 1.54) is 22.6 Å². The first-order valence-corrected chi connectivity index (χ1v) is 12.0. The number of aromatic nitrogens is 1. The minimum atomic E-state index is -3.46. The summed E-state index contributed by atoms with van der Waals surface area (Å²) in [5.74, 6) is 0.121. The van der Waals surface area contributed by atoms with E-state index in [0.29, 0.717) is 38.8 Å². The predicted octanol–water partition coefficient (Wildman–Crippen LogP) is 3.24. The van der Waals surface area contributed by atoms with Crippen molar-refractivity contribution in [3.8, 4) is 0 Å². The van der Waals surface area contributed by atoms with Crippen molar-refractivity contribution in [3.05, 3.63) is 64.3 Å². The summed E-state index contributed by atoms with van der Waals surface area (Å²) in [7, 11) is -3.46. The van der Waals surface area contributed by atoms with E-state index in [1.807, 2.05) is 43.3 Å². The largest absolute Gasteiger partial charge is 0.345 e. The van der Waals surface area contributed by atoms with E-state index in [4.69, 9.17) is 0 Å². The molecule has 0 unspecified atom stereocenters. The molecule has 160 valence electrons. The predicted molar refractivity (Wildman–Crippen MR) is 119 cm³/mol. The van der Waals surface area contributed by atoms with Gasteiger partial charge in [-0.3, -0.25) is 9.69 Å². The summed E-state index contributed by atoms with van der Waals surface area (Å²) in [5, 5.41) is 1.27. The van der Waals surface area contributed by atoms with Crippen molar-refractivity contribution in [2.24, 2.45) is 0 Å². The number of hydrogen-bond donors (Lipinski definition) is 0. The minimum absolute atomic E-state index is 0.121. The molecule has 0 atom stereocenters. The zero-order valence-corrected chi connectivity index (χ0v) is 18.4. The Bertz CT molecular complexity index is 1040. The van der Waals surface area contributed by atoms with Gasteiger partial charge in [-0.15, -0.1) is 0 Å². The second-order valence-corrected chi connectivity index (χ2v) is 10.1. The van der Waals surface area contributed by atoms with Crippen LogP contribution in [0.3, 0.4) is 0 Å². The van der Waals surface area contributed by atoms with Gasteiger partial charge >= 0.3 is 0 Å². The van der Waals surface area contributed by atoms with E-state index >= 15 is 0 Å². The third-order valence-electron chi connectivity index (χ3n) is 5.99. The van der Waals surface area contributed by atoms with Gasteiger partial charge in [0.05, 0.1) is 6.54 Å². The molecular weight excluding hydrogens is 398 g/mol. The lowest BCUT2D eigenvalue weighted by molar-refractivity contribution is 0.0901. The van der Waals surface area contributed by atoms with Crippen LogP contribution in [0.25, 0.3) is 6.08 Å². The van der Waals surface area contributed by atoms with Crippen molar-refractivity contribution in [2.45, 2.75) is 32.7 Å². The molecule has 2 heterocycles. The van der Waals surface area contributed by atoms with Crippen molar-refractivity contribution in [1.82, 2.24) is 13.8 Å². The highest BCUT2D eigenvalue weighted by Crippen LogP contribution is 2.38. The highest BCUT2D eigenvalue weighted by molar-refractivity contribution is 7.92. The molecule has 0 bridgehead atoms. The normalized spacial score (nSPS) is 18.9. The first kappa shape index (κ1) is 21.0. The maximum absolute atomic E-state index is 12.9. The van der Waals surface area contributed by atoms with Crippen LogP contribution in [0.2, 0.25) is 0 Å². The van der Waals surface area contributed by atoms with Gasteiger partial charge in [0.1, 0.15) is 0 Å². The highest BCUT2D eigenvalue weighted by atomic mass is 32.2.